The van der Waals surface area contributed by atoms with Gasteiger partial charge in [-0.1, -0.05) is 24.3 Å². The molecule has 0 bridgehead atoms. The molecule has 0 aromatic heterocycles. The van der Waals surface area contributed by atoms with Crippen LogP contribution in [0.1, 0.15) is 26.3 Å². The minimum Gasteiger partial charge on any atom is -0.322 e. The molecule has 0 atom stereocenters. The van der Waals surface area contributed by atoms with Crippen molar-refractivity contribution in [3.05, 3.63) is 89.5 Å². The molecule has 0 fully saturated rings. The molecule has 1 amide bonds. The minimum atomic E-state index is -4.83. The van der Waals surface area contributed by atoms with Crippen molar-refractivity contribution in [1.82, 2.24) is 0 Å². The maximum Gasteiger partial charge on any atom is 0.332 e. The van der Waals surface area contributed by atoms with Gasteiger partial charge in [0, 0.05) is 23.2 Å². The Labute approximate surface area is 183 Å². The molecule has 0 saturated heterocycles. The maximum absolute atomic E-state index is 12.9. The number of benzene rings is 3. The second-order valence-electron chi connectivity index (χ2n) is 6.68. The standard InChI is InChI=1S/C21H15F2NO6S2/c22-31(27,28)18-9-1-14(2-10-18)13-20(25)15-3-5-16(6-4-15)21(26)24-17-7-11-19(12-8-17)32(23,29)30/h1-12H,13H2,(H,24,26). The predicted octanol–water partition coefficient (Wildman–Crippen LogP) is 3.68. The van der Waals surface area contributed by atoms with Crippen LogP contribution in [0.15, 0.2) is 82.6 Å². The van der Waals surface area contributed by atoms with Gasteiger partial charge in [0.15, 0.2) is 5.78 Å². The zero-order valence-corrected chi connectivity index (χ0v) is 17.8. The molecule has 0 heterocycles. The van der Waals surface area contributed by atoms with Gasteiger partial charge in [0.05, 0.1) is 9.79 Å². The normalized spacial score (nSPS) is 11.7. The quantitative estimate of drug-likeness (QED) is 0.408. The Balaban J connectivity index is 1.65. The number of halogens is 2. The highest BCUT2D eigenvalue weighted by molar-refractivity contribution is 7.86. The predicted molar refractivity (Wildman–Crippen MR) is 112 cm³/mol. The van der Waals surface area contributed by atoms with E-state index in [-0.39, 0.29) is 23.5 Å². The van der Waals surface area contributed by atoms with Crippen molar-refractivity contribution in [2.24, 2.45) is 0 Å². The number of Topliss-reactive ketones (excluding diaryl/α,β-unsaturated/α-hetero) is 1. The average Bonchev–Trinajstić information content (AvgIpc) is 2.73. The van der Waals surface area contributed by atoms with Crippen LogP contribution in [0.3, 0.4) is 0 Å². The Hall–Kier alpha value is -3.44. The highest BCUT2D eigenvalue weighted by Gasteiger charge is 2.14. The van der Waals surface area contributed by atoms with E-state index >= 15 is 0 Å². The third-order valence-electron chi connectivity index (χ3n) is 4.43. The van der Waals surface area contributed by atoms with E-state index in [0.717, 1.165) is 24.3 Å². The van der Waals surface area contributed by atoms with Gasteiger partial charge in [-0.05, 0) is 54.1 Å². The topological polar surface area (TPSA) is 114 Å². The van der Waals surface area contributed by atoms with Crippen molar-refractivity contribution in [3.63, 3.8) is 0 Å². The largest absolute Gasteiger partial charge is 0.332 e. The second-order valence-corrected chi connectivity index (χ2v) is 9.37. The van der Waals surface area contributed by atoms with E-state index in [1.807, 2.05) is 0 Å². The molecule has 0 unspecified atom stereocenters. The maximum atomic E-state index is 12.9. The molecule has 0 radical (unpaired) electrons. The van der Waals surface area contributed by atoms with Crippen molar-refractivity contribution < 1.29 is 34.2 Å². The molecule has 0 aliphatic rings. The summed E-state index contributed by atoms with van der Waals surface area (Å²) in [5.74, 6) is -0.821. The van der Waals surface area contributed by atoms with Gasteiger partial charge in [-0.15, -0.1) is 7.77 Å². The third-order valence-corrected chi connectivity index (χ3v) is 6.10. The van der Waals surface area contributed by atoms with Crippen LogP contribution in [-0.4, -0.2) is 28.5 Å². The van der Waals surface area contributed by atoms with E-state index in [2.05, 4.69) is 5.32 Å². The molecule has 3 aromatic rings. The van der Waals surface area contributed by atoms with Gasteiger partial charge in [0.1, 0.15) is 0 Å². The number of rotatable bonds is 7. The summed E-state index contributed by atoms with van der Waals surface area (Å²) in [6, 6.07) is 15.0. The lowest BCUT2D eigenvalue weighted by Gasteiger charge is -2.07. The number of hydrogen-bond donors (Lipinski definition) is 1. The van der Waals surface area contributed by atoms with Gasteiger partial charge in [0.2, 0.25) is 0 Å². The van der Waals surface area contributed by atoms with E-state index < -0.39 is 36.1 Å². The van der Waals surface area contributed by atoms with Gasteiger partial charge in [-0.25, -0.2) is 0 Å². The molecule has 0 aliphatic heterocycles. The Morgan fingerprint density at radius 2 is 1.09 bits per heavy atom. The number of carbonyl (C=O) groups is 2. The van der Waals surface area contributed by atoms with Crippen LogP contribution in [0.2, 0.25) is 0 Å². The number of carbonyl (C=O) groups excluding carboxylic acids is 2. The Kier molecular flexibility index (Phi) is 6.51. The molecule has 3 aromatic carbocycles. The van der Waals surface area contributed by atoms with Crippen LogP contribution in [0.5, 0.6) is 0 Å². The third kappa shape index (κ3) is 5.83. The van der Waals surface area contributed by atoms with E-state index in [4.69, 9.17) is 0 Å². The van der Waals surface area contributed by atoms with E-state index in [1.54, 1.807) is 0 Å². The van der Waals surface area contributed by atoms with Crippen molar-refractivity contribution >= 4 is 37.8 Å². The molecule has 1 N–H and O–H groups in total. The Bertz CT molecular complexity index is 1260. The number of anilines is 1. The average molecular weight is 479 g/mol. The summed E-state index contributed by atoms with van der Waals surface area (Å²) < 4.78 is 69.1. The van der Waals surface area contributed by atoms with Gasteiger partial charge < -0.3 is 5.32 Å². The van der Waals surface area contributed by atoms with Crippen molar-refractivity contribution in [2.45, 2.75) is 16.2 Å². The minimum absolute atomic E-state index is 0.0536. The summed E-state index contributed by atoms with van der Waals surface area (Å²) in [5.41, 5.74) is 1.27. The highest BCUT2D eigenvalue weighted by atomic mass is 32.3. The Morgan fingerprint density at radius 3 is 1.56 bits per heavy atom. The fourth-order valence-electron chi connectivity index (χ4n) is 2.77. The number of hydrogen-bond acceptors (Lipinski definition) is 6. The molecular weight excluding hydrogens is 464 g/mol. The van der Waals surface area contributed by atoms with Gasteiger partial charge in [-0.3, -0.25) is 9.59 Å². The first-order valence-corrected chi connectivity index (χ1v) is 11.7. The molecule has 7 nitrogen and oxygen atoms in total. The van der Waals surface area contributed by atoms with Gasteiger partial charge in [-0.2, -0.15) is 16.8 Å². The number of ketones is 1. The van der Waals surface area contributed by atoms with E-state index in [9.17, 15) is 34.2 Å². The fourth-order valence-corrected chi connectivity index (χ4v) is 3.69. The molecule has 32 heavy (non-hydrogen) atoms. The fraction of sp³-hybridized carbons (Fsp3) is 0.0476. The van der Waals surface area contributed by atoms with Crippen molar-refractivity contribution in [1.29, 1.82) is 0 Å². The summed E-state index contributed by atoms with van der Waals surface area (Å²) in [6.07, 6.45) is -0.0536. The molecule has 0 saturated carbocycles. The van der Waals surface area contributed by atoms with Gasteiger partial charge >= 0.3 is 20.4 Å². The lowest BCUT2D eigenvalue weighted by Crippen LogP contribution is -2.12. The van der Waals surface area contributed by atoms with Crippen LogP contribution < -0.4 is 5.32 Å². The van der Waals surface area contributed by atoms with Crippen LogP contribution in [0.4, 0.5) is 13.5 Å². The summed E-state index contributed by atoms with van der Waals surface area (Å²) in [4.78, 5) is 23.7. The SMILES string of the molecule is O=C(Cc1ccc(S(=O)(=O)F)cc1)c1ccc(C(=O)Nc2ccc(S(=O)(=O)F)cc2)cc1. The first-order chi connectivity index (χ1) is 14.9. The summed E-state index contributed by atoms with van der Waals surface area (Å²) >= 11 is 0. The number of nitrogens with one attached hydrogen (secondary N) is 1. The number of amides is 1. The zero-order valence-electron chi connectivity index (χ0n) is 16.2. The molecule has 166 valence electrons. The van der Waals surface area contributed by atoms with Crippen LogP contribution in [0, 0.1) is 0 Å². The summed E-state index contributed by atoms with van der Waals surface area (Å²) in [7, 11) is -9.64. The highest BCUT2D eigenvalue weighted by Crippen LogP contribution is 2.18. The molecule has 0 spiro atoms. The first kappa shape index (κ1) is 23.2. The van der Waals surface area contributed by atoms with Gasteiger partial charge in [0.25, 0.3) is 5.91 Å². The van der Waals surface area contributed by atoms with Crippen molar-refractivity contribution in [3.8, 4) is 0 Å². The molecular formula is C21H15F2NO6S2. The summed E-state index contributed by atoms with van der Waals surface area (Å²) in [6.45, 7) is 0. The Morgan fingerprint density at radius 1 is 0.656 bits per heavy atom. The smallest absolute Gasteiger partial charge is 0.322 e. The monoisotopic (exact) mass is 479 g/mol. The summed E-state index contributed by atoms with van der Waals surface area (Å²) in [5, 5.41) is 2.52. The second kappa shape index (κ2) is 8.97. The van der Waals surface area contributed by atoms with Crippen LogP contribution >= 0.6 is 0 Å². The molecule has 0 aliphatic carbocycles. The van der Waals surface area contributed by atoms with Crippen molar-refractivity contribution in [2.75, 3.05) is 5.32 Å². The first-order valence-electron chi connectivity index (χ1n) is 8.96. The van der Waals surface area contributed by atoms with E-state index in [1.165, 1.54) is 48.5 Å². The van der Waals surface area contributed by atoms with Crippen LogP contribution in [-0.2, 0) is 26.9 Å². The zero-order chi connectivity index (χ0) is 23.5. The van der Waals surface area contributed by atoms with E-state index in [0.29, 0.717) is 11.1 Å². The molecule has 3 rings (SSSR count). The lowest BCUT2D eigenvalue weighted by atomic mass is 10.0. The lowest BCUT2D eigenvalue weighted by molar-refractivity contribution is 0.0989. The molecule has 11 heteroatoms. The van der Waals surface area contributed by atoms with Crippen LogP contribution in [0.25, 0.3) is 0 Å².